The molecular weight excluding hydrogens is 315 g/mol. The van der Waals surface area contributed by atoms with Gasteiger partial charge < -0.3 is 9.64 Å². The Labute approximate surface area is 139 Å². The summed E-state index contributed by atoms with van der Waals surface area (Å²) in [5, 5.41) is 0. The van der Waals surface area contributed by atoms with Crippen LogP contribution in [0.1, 0.15) is 18.1 Å². The van der Waals surface area contributed by atoms with Crippen molar-refractivity contribution < 1.29 is 17.9 Å². The summed E-state index contributed by atoms with van der Waals surface area (Å²) < 4.78 is 41.2. The lowest BCUT2D eigenvalue weighted by atomic mass is 10.0. The van der Waals surface area contributed by atoms with Crippen LogP contribution >= 0.6 is 0 Å². The van der Waals surface area contributed by atoms with Crippen LogP contribution in [0.4, 0.5) is 18.9 Å². The molecule has 0 aliphatic rings. The summed E-state index contributed by atoms with van der Waals surface area (Å²) in [7, 11) is 3.96. The van der Waals surface area contributed by atoms with Crippen LogP contribution in [0.2, 0.25) is 0 Å². The fraction of sp³-hybridized carbons (Fsp3) is 0.158. The Morgan fingerprint density at radius 1 is 0.917 bits per heavy atom. The maximum atomic E-state index is 12.7. The van der Waals surface area contributed by atoms with Gasteiger partial charge in [0.2, 0.25) is 0 Å². The smallest absolute Gasteiger partial charge is 0.344 e. The predicted molar refractivity (Wildman–Crippen MR) is 91.7 cm³/mol. The Morgan fingerprint density at radius 3 is 2.00 bits per heavy atom. The number of hydrogen-bond donors (Lipinski definition) is 0. The number of ether oxygens (including phenoxy) is 1. The van der Waals surface area contributed by atoms with Gasteiger partial charge in [0.25, 0.3) is 0 Å². The Morgan fingerprint density at radius 2 is 1.50 bits per heavy atom. The molecule has 0 aromatic heterocycles. The summed E-state index contributed by atoms with van der Waals surface area (Å²) in [6.45, 7) is 1.94. The average Bonchev–Trinajstić information content (AvgIpc) is 2.55. The Bertz CT molecular complexity index is 743. The largest absolute Gasteiger partial charge is 0.428 e. The number of nitrogens with zero attached hydrogens (tertiary/aromatic N) is 1. The highest BCUT2D eigenvalue weighted by Crippen LogP contribution is 2.24. The Balaban J connectivity index is 2.14. The molecule has 0 radical (unpaired) electrons. The van der Waals surface area contributed by atoms with Crippen LogP contribution in [-0.4, -0.2) is 14.1 Å². The highest BCUT2D eigenvalue weighted by molar-refractivity contribution is 5.80. The fourth-order valence-corrected chi connectivity index (χ4v) is 2.13. The predicted octanol–water partition coefficient (Wildman–Crippen LogP) is 5.73. The van der Waals surface area contributed by atoms with Crippen molar-refractivity contribution >= 4 is 17.3 Å². The van der Waals surface area contributed by atoms with E-state index in [0.29, 0.717) is 0 Å². The zero-order valence-electron chi connectivity index (χ0n) is 13.7. The first-order chi connectivity index (χ1) is 11.4. The van der Waals surface area contributed by atoms with Crippen molar-refractivity contribution in [2.24, 2.45) is 0 Å². The van der Waals surface area contributed by atoms with E-state index in [1.807, 2.05) is 56.3 Å². The lowest BCUT2D eigenvalue weighted by Crippen LogP contribution is -2.07. The van der Waals surface area contributed by atoms with Crippen molar-refractivity contribution in [3.63, 3.8) is 0 Å². The number of benzene rings is 2. The molecule has 24 heavy (non-hydrogen) atoms. The van der Waals surface area contributed by atoms with Crippen molar-refractivity contribution in [3.05, 3.63) is 71.8 Å². The summed E-state index contributed by atoms with van der Waals surface area (Å²) in [5.74, 6) is 0.0205. The van der Waals surface area contributed by atoms with Gasteiger partial charge in [-0.05, 0) is 47.9 Å². The van der Waals surface area contributed by atoms with E-state index >= 15 is 0 Å². The van der Waals surface area contributed by atoms with Gasteiger partial charge in [-0.2, -0.15) is 13.2 Å². The molecule has 2 aromatic rings. The summed E-state index contributed by atoms with van der Waals surface area (Å²) in [6, 6.07) is 12.5. The van der Waals surface area contributed by atoms with Crippen molar-refractivity contribution in [1.29, 1.82) is 0 Å². The van der Waals surface area contributed by atoms with Crippen LogP contribution in [-0.2, 0) is 0 Å². The van der Waals surface area contributed by atoms with Crippen LogP contribution in [0, 0.1) is 0 Å². The maximum Gasteiger partial charge on any atom is 0.344 e. The minimum atomic E-state index is -2.48. The molecule has 2 rings (SSSR count). The monoisotopic (exact) mass is 333 g/mol. The topological polar surface area (TPSA) is 12.5 Å². The molecule has 0 amide bonds. The first-order valence-electron chi connectivity index (χ1n) is 7.31. The molecule has 0 saturated carbocycles. The maximum absolute atomic E-state index is 12.7. The summed E-state index contributed by atoms with van der Waals surface area (Å²) >= 11 is 0. The van der Waals surface area contributed by atoms with Crippen LogP contribution in [0.15, 0.2) is 60.6 Å². The van der Waals surface area contributed by atoms with E-state index in [0.717, 1.165) is 22.4 Å². The molecule has 0 spiro atoms. The van der Waals surface area contributed by atoms with E-state index in [-0.39, 0.29) is 5.75 Å². The van der Waals surface area contributed by atoms with Gasteiger partial charge in [-0.25, -0.2) is 0 Å². The minimum Gasteiger partial charge on any atom is -0.428 e. The molecule has 0 aliphatic carbocycles. The summed E-state index contributed by atoms with van der Waals surface area (Å²) in [5.41, 5.74) is 4.05. The molecule has 0 heterocycles. The van der Waals surface area contributed by atoms with Crippen LogP contribution in [0.25, 0.3) is 11.6 Å². The van der Waals surface area contributed by atoms with Crippen LogP contribution in [0.3, 0.4) is 0 Å². The van der Waals surface area contributed by atoms with E-state index in [1.165, 1.54) is 12.1 Å². The van der Waals surface area contributed by atoms with E-state index in [1.54, 1.807) is 12.1 Å². The quantitative estimate of drug-likeness (QED) is 0.512. The molecule has 0 fully saturated rings. The zero-order valence-corrected chi connectivity index (χ0v) is 13.7. The van der Waals surface area contributed by atoms with Crippen LogP contribution in [0.5, 0.6) is 5.75 Å². The highest BCUT2D eigenvalue weighted by Gasteiger charge is 2.07. The van der Waals surface area contributed by atoms with Gasteiger partial charge in [-0.3, -0.25) is 0 Å². The van der Waals surface area contributed by atoms with E-state index in [2.05, 4.69) is 4.74 Å². The number of allylic oxidation sites excluding steroid dienone is 1. The molecule has 2 aromatic carbocycles. The Kier molecular flexibility index (Phi) is 5.68. The number of halogens is 3. The SMILES string of the molecule is CC(=Cc1ccc(N(C)C)cc1)c1ccc(OC(F)=C(F)F)cc1. The summed E-state index contributed by atoms with van der Waals surface area (Å²) in [6.07, 6.45) is -0.465. The minimum absolute atomic E-state index is 0.0205. The second-order valence-corrected chi connectivity index (χ2v) is 5.47. The van der Waals surface area contributed by atoms with E-state index in [9.17, 15) is 13.2 Å². The molecule has 126 valence electrons. The molecule has 0 unspecified atom stereocenters. The zero-order chi connectivity index (χ0) is 17.7. The molecule has 0 aliphatic heterocycles. The van der Waals surface area contributed by atoms with Gasteiger partial charge in [0.05, 0.1) is 0 Å². The number of anilines is 1. The highest BCUT2D eigenvalue weighted by atomic mass is 19.3. The molecule has 2 nitrogen and oxygen atoms in total. The molecule has 0 atom stereocenters. The van der Waals surface area contributed by atoms with E-state index in [4.69, 9.17) is 0 Å². The third-order valence-electron chi connectivity index (χ3n) is 3.46. The third-order valence-corrected chi connectivity index (χ3v) is 3.46. The molecule has 0 saturated heterocycles. The first-order valence-corrected chi connectivity index (χ1v) is 7.31. The number of rotatable bonds is 5. The standard InChI is InChI=1S/C19H18F3NO/c1-13(12-14-4-8-16(9-5-14)23(2)3)15-6-10-17(11-7-15)24-19(22)18(20)21/h4-12H,1-3H3. The van der Waals surface area contributed by atoms with Crippen LogP contribution < -0.4 is 9.64 Å². The number of hydrogen-bond acceptors (Lipinski definition) is 2. The second kappa shape index (κ2) is 7.73. The van der Waals surface area contributed by atoms with Gasteiger partial charge in [0, 0.05) is 19.8 Å². The lowest BCUT2D eigenvalue weighted by Gasteiger charge is -2.12. The molecular formula is C19H18F3NO. The van der Waals surface area contributed by atoms with Gasteiger partial charge in [-0.1, -0.05) is 30.3 Å². The summed E-state index contributed by atoms with van der Waals surface area (Å²) in [4.78, 5) is 2.02. The average molecular weight is 333 g/mol. The van der Waals surface area contributed by atoms with Gasteiger partial charge in [0.1, 0.15) is 5.75 Å². The third kappa shape index (κ3) is 4.65. The molecule has 0 N–H and O–H groups in total. The van der Waals surface area contributed by atoms with Gasteiger partial charge in [0.15, 0.2) is 0 Å². The van der Waals surface area contributed by atoms with E-state index < -0.39 is 12.1 Å². The van der Waals surface area contributed by atoms with Crippen molar-refractivity contribution in [1.82, 2.24) is 0 Å². The Hall–Kier alpha value is -2.69. The van der Waals surface area contributed by atoms with Crippen molar-refractivity contribution in [2.45, 2.75) is 6.92 Å². The van der Waals surface area contributed by atoms with Crippen molar-refractivity contribution in [2.75, 3.05) is 19.0 Å². The normalized spacial score (nSPS) is 11.2. The van der Waals surface area contributed by atoms with Gasteiger partial charge in [-0.15, -0.1) is 0 Å². The van der Waals surface area contributed by atoms with Gasteiger partial charge >= 0.3 is 12.1 Å². The lowest BCUT2D eigenvalue weighted by molar-refractivity contribution is 0.241. The molecule has 0 bridgehead atoms. The first kappa shape index (κ1) is 17.7. The second-order valence-electron chi connectivity index (χ2n) is 5.47. The molecule has 5 heteroatoms. The van der Waals surface area contributed by atoms with Crippen molar-refractivity contribution in [3.8, 4) is 5.75 Å². The fourth-order valence-electron chi connectivity index (χ4n) is 2.13.